The van der Waals surface area contributed by atoms with Crippen LogP contribution in [0.4, 0.5) is 0 Å². The molecule has 1 aromatic carbocycles. The van der Waals surface area contributed by atoms with Gasteiger partial charge in [-0.2, -0.15) is 0 Å². The average molecular weight is 367 g/mol. The van der Waals surface area contributed by atoms with Gasteiger partial charge in [0.1, 0.15) is 5.82 Å². The van der Waals surface area contributed by atoms with E-state index in [9.17, 15) is 4.79 Å². The van der Waals surface area contributed by atoms with Crippen molar-refractivity contribution in [1.29, 1.82) is 0 Å². The molecule has 2 fully saturated rings. The Morgan fingerprint density at radius 1 is 1.33 bits per heavy atom. The minimum Gasteiger partial charge on any atom is -0.334 e. The van der Waals surface area contributed by atoms with Crippen molar-refractivity contribution < 1.29 is 4.79 Å². The lowest BCUT2D eigenvalue weighted by Crippen LogP contribution is -2.39. The molecule has 2 heterocycles. The molecule has 1 spiro atoms. The molecule has 1 aromatic heterocycles. The first kappa shape index (κ1) is 18.2. The van der Waals surface area contributed by atoms with E-state index in [0.29, 0.717) is 24.5 Å². The van der Waals surface area contributed by atoms with Crippen LogP contribution in [0.3, 0.4) is 0 Å². The predicted molar refractivity (Wildman–Crippen MR) is 105 cm³/mol. The molecular weight excluding hydrogens is 338 g/mol. The van der Waals surface area contributed by atoms with Gasteiger partial charge in [0, 0.05) is 37.1 Å². The van der Waals surface area contributed by atoms with Gasteiger partial charge >= 0.3 is 0 Å². The summed E-state index contributed by atoms with van der Waals surface area (Å²) in [5, 5.41) is 3.45. The maximum atomic E-state index is 13.4. The van der Waals surface area contributed by atoms with Gasteiger partial charge in [0.15, 0.2) is 0 Å². The molecule has 1 aliphatic carbocycles. The van der Waals surface area contributed by atoms with E-state index in [4.69, 9.17) is 5.73 Å². The Balaban J connectivity index is 1.60. The van der Waals surface area contributed by atoms with Gasteiger partial charge in [-0.05, 0) is 62.4 Å². The SMILES string of the molecule is CCn1ccnc1CN(C(=O)c1ccc(CN)cc1)C1CC12CCNCC2. The van der Waals surface area contributed by atoms with Crippen molar-refractivity contribution in [3.8, 4) is 0 Å². The van der Waals surface area contributed by atoms with Crippen molar-refractivity contribution in [3.63, 3.8) is 0 Å². The highest BCUT2D eigenvalue weighted by molar-refractivity contribution is 5.94. The lowest BCUT2D eigenvalue weighted by molar-refractivity contribution is 0.0685. The van der Waals surface area contributed by atoms with Crippen LogP contribution >= 0.6 is 0 Å². The number of nitrogens with one attached hydrogen (secondary N) is 1. The van der Waals surface area contributed by atoms with Gasteiger partial charge in [-0.15, -0.1) is 0 Å². The maximum Gasteiger partial charge on any atom is 0.254 e. The number of benzene rings is 1. The Kier molecular flexibility index (Phi) is 5.02. The zero-order chi connectivity index (χ0) is 18.9. The van der Waals surface area contributed by atoms with E-state index in [0.717, 1.165) is 55.8 Å². The van der Waals surface area contributed by atoms with Crippen LogP contribution in [-0.4, -0.2) is 39.5 Å². The lowest BCUT2D eigenvalue weighted by Gasteiger charge is -2.29. The van der Waals surface area contributed by atoms with Crippen LogP contribution in [0, 0.1) is 5.41 Å². The number of nitrogens with two attached hydrogens (primary N) is 1. The highest BCUT2D eigenvalue weighted by Gasteiger charge is 2.57. The quantitative estimate of drug-likeness (QED) is 0.820. The summed E-state index contributed by atoms with van der Waals surface area (Å²) in [7, 11) is 0. The zero-order valence-corrected chi connectivity index (χ0v) is 16.0. The third-order valence-corrected chi connectivity index (χ3v) is 6.27. The second-order valence-electron chi connectivity index (χ2n) is 7.80. The largest absolute Gasteiger partial charge is 0.334 e. The number of hydrogen-bond donors (Lipinski definition) is 2. The summed E-state index contributed by atoms with van der Waals surface area (Å²) in [5.41, 5.74) is 7.77. The summed E-state index contributed by atoms with van der Waals surface area (Å²) >= 11 is 0. The second kappa shape index (κ2) is 7.44. The molecule has 144 valence electrons. The van der Waals surface area contributed by atoms with Crippen LogP contribution in [0.1, 0.15) is 47.9 Å². The van der Waals surface area contributed by atoms with Crippen molar-refractivity contribution in [1.82, 2.24) is 19.8 Å². The summed E-state index contributed by atoms with van der Waals surface area (Å²) in [4.78, 5) is 20.0. The Bertz CT molecular complexity index is 791. The van der Waals surface area contributed by atoms with E-state index in [1.165, 1.54) is 0 Å². The van der Waals surface area contributed by atoms with Crippen molar-refractivity contribution in [2.45, 2.75) is 51.9 Å². The Labute approximate surface area is 160 Å². The fourth-order valence-electron chi connectivity index (χ4n) is 4.43. The normalized spacial score (nSPS) is 20.6. The monoisotopic (exact) mass is 367 g/mol. The predicted octanol–water partition coefficient (Wildman–Crippen LogP) is 2.15. The van der Waals surface area contributed by atoms with Gasteiger partial charge in [-0.25, -0.2) is 4.98 Å². The van der Waals surface area contributed by atoms with Crippen molar-refractivity contribution in [2.75, 3.05) is 13.1 Å². The number of nitrogens with zero attached hydrogens (tertiary/aromatic N) is 3. The minimum absolute atomic E-state index is 0.102. The maximum absolute atomic E-state index is 13.4. The molecule has 1 amide bonds. The van der Waals surface area contributed by atoms with E-state index < -0.39 is 0 Å². The first-order valence-corrected chi connectivity index (χ1v) is 9.97. The molecule has 6 nitrogen and oxygen atoms in total. The molecule has 0 bridgehead atoms. The second-order valence-corrected chi connectivity index (χ2v) is 7.80. The third-order valence-electron chi connectivity index (χ3n) is 6.27. The van der Waals surface area contributed by atoms with Gasteiger partial charge < -0.3 is 20.5 Å². The fourth-order valence-corrected chi connectivity index (χ4v) is 4.43. The minimum atomic E-state index is 0.102. The van der Waals surface area contributed by atoms with E-state index in [1.54, 1.807) is 0 Å². The van der Waals surface area contributed by atoms with Crippen LogP contribution in [0.5, 0.6) is 0 Å². The number of rotatable bonds is 6. The number of aromatic nitrogens is 2. The molecule has 27 heavy (non-hydrogen) atoms. The molecule has 4 rings (SSSR count). The molecule has 1 atom stereocenters. The lowest BCUT2D eigenvalue weighted by atomic mass is 9.93. The standard InChI is InChI=1S/C21H29N5O/c1-2-25-12-11-24-19(25)15-26(18-13-21(18)7-9-23-10-8-21)20(27)17-5-3-16(14-22)4-6-17/h3-6,11-12,18,23H,2,7-10,13-15,22H2,1H3. The molecular formula is C21H29N5O. The van der Waals surface area contributed by atoms with E-state index in [2.05, 4.69) is 26.7 Å². The zero-order valence-electron chi connectivity index (χ0n) is 16.0. The van der Waals surface area contributed by atoms with E-state index in [1.807, 2.05) is 36.7 Å². The van der Waals surface area contributed by atoms with Gasteiger partial charge in [0.25, 0.3) is 5.91 Å². The van der Waals surface area contributed by atoms with Crippen molar-refractivity contribution >= 4 is 5.91 Å². The van der Waals surface area contributed by atoms with Gasteiger partial charge in [-0.3, -0.25) is 4.79 Å². The summed E-state index contributed by atoms with van der Waals surface area (Å²) in [6.07, 6.45) is 7.21. The van der Waals surface area contributed by atoms with Crippen molar-refractivity contribution in [3.05, 3.63) is 53.6 Å². The average Bonchev–Trinajstić information content (AvgIpc) is 3.19. The molecule has 1 saturated carbocycles. The molecule has 3 N–H and O–H groups in total. The van der Waals surface area contributed by atoms with Crippen LogP contribution in [-0.2, 0) is 19.6 Å². The molecule has 1 saturated heterocycles. The number of piperidine rings is 1. The smallest absolute Gasteiger partial charge is 0.254 e. The highest BCUT2D eigenvalue weighted by atomic mass is 16.2. The van der Waals surface area contributed by atoms with Crippen LogP contribution in [0.2, 0.25) is 0 Å². The number of amides is 1. The van der Waals surface area contributed by atoms with E-state index in [-0.39, 0.29) is 5.91 Å². The van der Waals surface area contributed by atoms with Crippen LogP contribution < -0.4 is 11.1 Å². The Hall–Kier alpha value is -2.18. The summed E-state index contributed by atoms with van der Waals surface area (Å²) in [6.45, 7) is 6.13. The number of imidazole rings is 1. The van der Waals surface area contributed by atoms with Gasteiger partial charge in [0.2, 0.25) is 0 Å². The number of carbonyl (C=O) groups excluding carboxylic acids is 1. The molecule has 2 aromatic rings. The first-order chi connectivity index (χ1) is 13.2. The Morgan fingerprint density at radius 2 is 2.07 bits per heavy atom. The summed E-state index contributed by atoms with van der Waals surface area (Å²) < 4.78 is 2.12. The first-order valence-electron chi connectivity index (χ1n) is 9.97. The Morgan fingerprint density at radius 3 is 2.74 bits per heavy atom. The number of hydrogen-bond acceptors (Lipinski definition) is 4. The van der Waals surface area contributed by atoms with Crippen molar-refractivity contribution in [2.24, 2.45) is 11.1 Å². The third kappa shape index (κ3) is 3.51. The molecule has 1 aliphatic heterocycles. The molecule has 2 aliphatic rings. The summed E-state index contributed by atoms with van der Waals surface area (Å²) in [5.74, 6) is 1.06. The molecule has 6 heteroatoms. The number of aryl methyl sites for hydroxylation is 1. The highest BCUT2D eigenvalue weighted by Crippen LogP contribution is 2.56. The topological polar surface area (TPSA) is 76.2 Å². The number of carbonyl (C=O) groups is 1. The summed E-state index contributed by atoms with van der Waals surface area (Å²) in [6, 6.07) is 8.02. The van der Waals surface area contributed by atoms with E-state index >= 15 is 0 Å². The van der Waals surface area contributed by atoms with Gasteiger partial charge in [-0.1, -0.05) is 12.1 Å². The molecule has 0 radical (unpaired) electrons. The fraction of sp³-hybridized carbons (Fsp3) is 0.524. The van der Waals surface area contributed by atoms with Crippen LogP contribution in [0.25, 0.3) is 0 Å². The molecule has 1 unspecified atom stereocenters. The van der Waals surface area contributed by atoms with Crippen LogP contribution in [0.15, 0.2) is 36.7 Å². The van der Waals surface area contributed by atoms with Gasteiger partial charge in [0.05, 0.1) is 6.54 Å².